The molecule has 0 atom stereocenters. The molecule has 0 heterocycles. The molecule has 98 valence electrons. The first kappa shape index (κ1) is 14.4. The molecule has 0 radical (unpaired) electrons. The van der Waals surface area contributed by atoms with Crippen LogP contribution in [-0.2, 0) is 0 Å². The minimum Gasteiger partial charge on any atom is -0.494 e. The topological polar surface area (TPSA) is 50.4 Å². The Kier molecular flexibility index (Phi) is 5.58. The second-order valence-corrected chi connectivity index (χ2v) is 4.45. The Morgan fingerprint density at radius 3 is 2.44 bits per heavy atom. The van der Waals surface area contributed by atoms with E-state index in [1.807, 2.05) is 20.8 Å². The lowest BCUT2D eigenvalue weighted by Crippen LogP contribution is -2.42. The number of amides is 1. The fraction of sp³-hybridized carbons (Fsp3) is 0.385. The molecule has 0 unspecified atom stereocenters. The fourth-order valence-electron chi connectivity index (χ4n) is 1.34. The number of carbonyl (C=O) groups is 1. The van der Waals surface area contributed by atoms with Crippen LogP contribution in [0.5, 0.6) is 5.75 Å². The molecule has 0 aliphatic heterocycles. The van der Waals surface area contributed by atoms with Crippen molar-refractivity contribution in [2.75, 3.05) is 6.61 Å². The van der Waals surface area contributed by atoms with Gasteiger partial charge in [-0.2, -0.15) is 0 Å². The summed E-state index contributed by atoms with van der Waals surface area (Å²) in [6.07, 6.45) is 0. The molecule has 4 nitrogen and oxygen atoms in total. The van der Waals surface area contributed by atoms with E-state index in [2.05, 4.69) is 10.6 Å². The molecule has 18 heavy (non-hydrogen) atoms. The Hall–Kier alpha value is -1.62. The zero-order valence-corrected chi connectivity index (χ0v) is 11.6. The SMILES string of the molecule is CCOc1ccc(C(=O)NC(=S)NC(C)C)cc1. The van der Waals surface area contributed by atoms with Gasteiger partial charge in [0, 0.05) is 11.6 Å². The van der Waals surface area contributed by atoms with Crippen molar-refractivity contribution in [3.05, 3.63) is 29.8 Å². The first-order valence-corrected chi connectivity index (χ1v) is 6.28. The summed E-state index contributed by atoms with van der Waals surface area (Å²) < 4.78 is 5.30. The van der Waals surface area contributed by atoms with E-state index in [9.17, 15) is 4.79 Å². The molecular formula is C13H18N2O2S. The van der Waals surface area contributed by atoms with Crippen LogP contribution in [0.4, 0.5) is 0 Å². The Morgan fingerprint density at radius 1 is 1.33 bits per heavy atom. The molecule has 1 rings (SSSR count). The third kappa shape index (κ3) is 4.71. The van der Waals surface area contributed by atoms with Crippen LogP contribution in [0.1, 0.15) is 31.1 Å². The molecular weight excluding hydrogens is 248 g/mol. The Balaban J connectivity index is 2.58. The Labute approximate surface area is 113 Å². The van der Waals surface area contributed by atoms with Gasteiger partial charge in [-0.05, 0) is 57.3 Å². The Bertz CT molecular complexity index is 416. The van der Waals surface area contributed by atoms with Gasteiger partial charge in [0.05, 0.1) is 6.61 Å². The Morgan fingerprint density at radius 2 is 1.94 bits per heavy atom. The molecule has 5 heteroatoms. The predicted octanol–water partition coefficient (Wildman–Crippen LogP) is 2.10. The predicted molar refractivity (Wildman–Crippen MR) is 75.9 cm³/mol. The van der Waals surface area contributed by atoms with Gasteiger partial charge in [-0.25, -0.2) is 0 Å². The highest BCUT2D eigenvalue weighted by Crippen LogP contribution is 2.11. The number of carbonyl (C=O) groups excluding carboxylic acids is 1. The first-order chi connectivity index (χ1) is 8.52. The van der Waals surface area contributed by atoms with Crippen molar-refractivity contribution < 1.29 is 9.53 Å². The van der Waals surface area contributed by atoms with Crippen LogP contribution >= 0.6 is 12.2 Å². The van der Waals surface area contributed by atoms with Crippen LogP contribution < -0.4 is 15.4 Å². The lowest BCUT2D eigenvalue weighted by molar-refractivity contribution is 0.0976. The molecule has 0 spiro atoms. The van der Waals surface area contributed by atoms with E-state index >= 15 is 0 Å². The molecule has 0 saturated heterocycles. The fourth-order valence-corrected chi connectivity index (χ4v) is 1.67. The van der Waals surface area contributed by atoms with Gasteiger partial charge in [0.15, 0.2) is 5.11 Å². The van der Waals surface area contributed by atoms with Crippen LogP contribution in [0.3, 0.4) is 0 Å². The zero-order chi connectivity index (χ0) is 13.5. The maximum Gasteiger partial charge on any atom is 0.257 e. The van der Waals surface area contributed by atoms with Crippen molar-refractivity contribution >= 4 is 23.2 Å². The van der Waals surface area contributed by atoms with Crippen LogP contribution in [-0.4, -0.2) is 23.7 Å². The number of benzene rings is 1. The second kappa shape index (κ2) is 6.96. The van der Waals surface area contributed by atoms with Gasteiger partial charge < -0.3 is 10.1 Å². The molecule has 2 N–H and O–H groups in total. The number of ether oxygens (including phenoxy) is 1. The zero-order valence-electron chi connectivity index (χ0n) is 10.8. The van der Waals surface area contributed by atoms with Gasteiger partial charge in [-0.15, -0.1) is 0 Å². The second-order valence-electron chi connectivity index (χ2n) is 4.04. The quantitative estimate of drug-likeness (QED) is 0.819. The third-order valence-corrected chi connectivity index (χ3v) is 2.29. The normalized spacial score (nSPS) is 10.0. The molecule has 0 saturated carbocycles. The summed E-state index contributed by atoms with van der Waals surface area (Å²) in [5, 5.41) is 5.91. The average Bonchev–Trinajstić information content (AvgIpc) is 2.29. The van der Waals surface area contributed by atoms with Gasteiger partial charge >= 0.3 is 0 Å². The van der Waals surface area contributed by atoms with E-state index < -0.39 is 0 Å². The number of nitrogens with one attached hydrogen (secondary N) is 2. The molecule has 0 aromatic heterocycles. The van der Waals surface area contributed by atoms with Gasteiger partial charge in [-0.1, -0.05) is 0 Å². The molecule has 1 aromatic carbocycles. The summed E-state index contributed by atoms with van der Waals surface area (Å²) in [5.74, 6) is 0.521. The molecule has 0 aliphatic carbocycles. The summed E-state index contributed by atoms with van der Waals surface area (Å²) >= 11 is 5.01. The van der Waals surface area contributed by atoms with Gasteiger partial charge in [-0.3, -0.25) is 10.1 Å². The summed E-state index contributed by atoms with van der Waals surface area (Å²) in [6, 6.07) is 7.13. The minimum atomic E-state index is -0.226. The molecule has 1 aromatic rings. The molecule has 1 amide bonds. The van der Waals surface area contributed by atoms with Crippen molar-refractivity contribution in [1.29, 1.82) is 0 Å². The van der Waals surface area contributed by atoms with Crippen LogP contribution in [0.2, 0.25) is 0 Å². The smallest absolute Gasteiger partial charge is 0.257 e. The molecule has 0 bridgehead atoms. The van der Waals surface area contributed by atoms with E-state index in [0.29, 0.717) is 17.3 Å². The number of hydrogen-bond donors (Lipinski definition) is 2. The lowest BCUT2D eigenvalue weighted by atomic mass is 10.2. The highest BCUT2D eigenvalue weighted by atomic mass is 32.1. The van der Waals surface area contributed by atoms with Crippen LogP contribution in [0.25, 0.3) is 0 Å². The van der Waals surface area contributed by atoms with E-state index in [-0.39, 0.29) is 11.9 Å². The largest absolute Gasteiger partial charge is 0.494 e. The van der Waals surface area contributed by atoms with Crippen LogP contribution in [0, 0.1) is 0 Å². The van der Waals surface area contributed by atoms with Gasteiger partial charge in [0.2, 0.25) is 0 Å². The van der Waals surface area contributed by atoms with Crippen LogP contribution in [0.15, 0.2) is 24.3 Å². The average molecular weight is 266 g/mol. The summed E-state index contributed by atoms with van der Waals surface area (Å²) in [7, 11) is 0. The maximum atomic E-state index is 11.8. The van der Waals surface area contributed by atoms with Crippen molar-refractivity contribution in [3.8, 4) is 5.75 Å². The van der Waals surface area contributed by atoms with Gasteiger partial charge in [0.25, 0.3) is 5.91 Å². The van der Waals surface area contributed by atoms with E-state index in [0.717, 1.165) is 5.75 Å². The number of thiocarbonyl (C=S) groups is 1. The lowest BCUT2D eigenvalue weighted by Gasteiger charge is -2.12. The molecule has 0 aliphatic rings. The maximum absolute atomic E-state index is 11.8. The first-order valence-electron chi connectivity index (χ1n) is 5.87. The van der Waals surface area contributed by atoms with Crippen molar-refractivity contribution in [2.45, 2.75) is 26.8 Å². The molecule has 0 fully saturated rings. The summed E-state index contributed by atoms with van der Waals surface area (Å²) in [4.78, 5) is 11.8. The number of rotatable bonds is 4. The standard InChI is InChI=1S/C13H18N2O2S/c1-4-17-11-7-5-10(6-8-11)12(16)15-13(18)14-9(2)3/h5-9H,4H2,1-3H3,(H2,14,15,16,18). The van der Waals surface area contributed by atoms with Crippen molar-refractivity contribution in [3.63, 3.8) is 0 Å². The van der Waals surface area contributed by atoms with E-state index in [1.165, 1.54) is 0 Å². The third-order valence-electron chi connectivity index (χ3n) is 2.07. The highest BCUT2D eigenvalue weighted by molar-refractivity contribution is 7.80. The van der Waals surface area contributed by atoms with Crippen molar-refractivity contribution in [2.24, 2.45) is 0 Å². The number of hydrogen-bond acceptors (Lipinski definition) is 3. The highest BCUT2D eigenvalue weighted by Gasteiger charge is 2.08. The summed E-state index contributed by atoms with van der Waals surface area (Å²) in [5.41, 5.74) is 0.548. The monoisotopic (exact) mass is 266 g/mol. The van der Waals surface area contributed by atoms with Gasteiger partial charge in [0.1, 0.15) is 5.75 Å². The van der Waals surface area contributed by atoms with Crippen molar-refractivity contribution in [1.82, 2.24) is 10.6 Å². The minimum absolute atomic E-state index is 0.193. The summed E-state index contributed by atoms with van der Waals surface area (Å²) in [6.45, 7) is 6.43. The van der Waals surface area contributed by atoms with E-state index in [1.54, 1.807) is 24.3 Å². The van der Waals surface area contributed by atoms with E-state index in [4.69, 9.17) is 17.0 Å².